The zero-order valence-electron chi connectivity index (χ0n) is 17.6. The Morgan fingerprint density at radius 2 is 1.73 bits per heavy atom. The summed E-state index contributed by atoms with van der Waals surface area (Å²) in [5.74, 6) is -0.216. The number of nitrogens with zero attached hydrogens (tertiary/aromatic N) is 1. The second-order valence-corrected chi connectivity index (χ2v) is 9.67. The first-order chi connectivity index (χ1) is 14.2. The van der Waals surface area contributed by atoms with Gasteiger partial charge >= 0.3 is 5.97 Å². The topological polar surface area (TPSA) is 67.8 Å². The molecule has 1 amide bonds. The van der Waals surface area contributed by atoms with Gasteiger partial charge in [0.1, 0.15) is 0 Å². The second-order valence-electron chi connectivity index (χ2n) is 7.84. The Balaban J connectivity index is 1.92. The summed E-state index contributed by atoms with van der Waals surface area (Å²) >= 11 is 2.82. The summed E-state index contributed by atoms with van der Waals surface area (Å²) in [4.78, 5) is 25.3. The van der Waals surface area contributed by atoms with Crippen molar-refractivity contribution in [1.29, 1.82) is 0 Å². The normalized spacial score (nSPS) is 12.0. The molecule has 156 valence electrons. The van der Waals surface area contributed by atoms with Crippen LogP contribution in [0.15, 0.2) is 52.3 Å². The highest BCUT2D eigenvalue weighted by molar-refractivity contribution is 7.14. The number of carbonyl (C=O) groups excluding carboxylic acids is 2. The number of carbonyl (C=O) groups is 2. The van der Waals surface area contributed by atoms with Crippen molar-refractivity contribution >= 4 is 40.3 Å². The minimum Gasteiger partial charge on any atom is -0.424 e. The van der Waals surface area contributed by atoms with Crippen molar-refractivity contribution < 1.29 is 14.3 Å². The summed E-state index contributed by atoms with van der Waals surface area (Å²) in [6.45, 7) is 9.65. The van der Waals surface area contributed by atoms with E-state index in [9.17, 15) is 9.59 Å². The molecule has 30 heavy (non-hydrogen) atoms. The molecule has 5 nitrogen and oxygen atoms in total. The van der Waals surface area contributed by atoms with Gasteiger partial charge in [-0.1, -0.05) is 51.1 Å². The molecular weight excluding hydrogens is 416 g/mol. The van der Waals surface area contributed by atoms with Gasteiger partial charge in [-0.2, -0.15) is 5.10 Å². The molecule has 2 aromatic heterocycles. The highest BCUT2D eigenvalue weighted by Gasteiger charge is 2.20. The van der Waals surface area contributed by atoms with Crippen LogP contribution in [-0.4, -0.2) is 17.6 Å². The van der Waals surface area contributed by atoms with Crippen LogP contribution < -0.4 is 10.2 Å². The molecule has 2 heterocycles. The van der Waals surface area contributed by atoms with Crippen molar-refractivity contribution in [2.75, 3.05) is 0 Å². The number of thiophene rings is 2. The molecule has 1 aromatic carbocycles. The number of hydrogen-bond acceptors (Lipinski definition) is 6. The Morgan fingerprint density at radius 1 is 1.03 bits per heavy atom. The van der Waals surface area contributed by atoms with Crippen molar-refractivity contribution in [2.45, 2.75) is 40.0 Å². The maximum absolute atomic E-state index is 12.2. The van der Waals surface area contributed by atoms with Crippen LogP contribution in [0.2, 0.25) is 0 Å². The molecule has 0 saturated carbocycles. The first kappa shape index (κ1) is 21.9. The number of benzene rings is 1. The predicted molar refractivity (Wildman–Crippen MR) is 124 cm³/mol. The quantitative estimate of drug-likeness (QED) is 0.307. The Kier molecular flexibility index (Phi) is 6.53. The average Bonchev–Trinajstić information content (AvgIpc) is 3.35. The van der Waals surface area contributed by atoms with Crippen molar-refractivity contribution in [3.63, 3.8) is 0 Å². The Hall–Kier alpha value is -2.77. The van der Waals surface area contributed by atoms with Crippen molar-refractivity contribution in [3.8, 4) is 16.2 Å². The minimum absolute atomic E-state index is 0.0574. The smallest absolute Gasteiger partial charge is 0.308 e. The molecule has 0 radical (unpaired) electrons. The van der Waals surface area contributed by atoms with E-state index >= 15 is 0 Å². The SMILES string of the molecule is CC(=O)Oc1c(C(C)=NNC(=O)c2cccs2)csc1-c1ccc(C(C)(C)C)cc1. The fraction of sp³-hybridized carbons (Fsp3) is 0.261. The summed E-state index contributed by atoms with van der Waals surface area (Å²) in [6.07, 6.45) is 0. The van der Waals surface area contributed by atoms with Crippen LogP contribution in [0.4, 0.5) is 0 Å². The van der Waals surface area contributed by atoms with E-state index in [1.54, 1.807) is 13.0 Å². The van der Waals surface area contributed by atoms with E-state index < -0.39 is 5.97 Å². The van der Waals surface area contributed by atoms with Crippen LogP contribution in [0.1, 0.15) is 55.4 Å². The Morgan fingerprint density at radius 3 is 2.30 bits per heavy atom. The van der Waals surface area contributed by atoms with Crippen LogP contribution >= 0.6 is 22.7 Å². The van der Waals surface area contributed by atoms with E-state index in [-0.39, 0.29) is 11.3 Å². The summed E-state index contributed by atoms with van der Waals surface area (Å²) < 4.78 is 5.55. The van der Waals surface area contributed by atoms with Gasteiger partial charge in [-0.05, 0) is 34.9 Å². The first-order valence-corrected chi connectivity index (χ1v) is 11.2. The molecule has 0 atom stereocenters. The van der Waals surface area contributed by atoms with E-state index in [4.69, 9.17) is 4.74 Å². The van der Waals surface area contributed by atoms with E-state index in [1.807, 2.05) is 29.0 Å². The summed E-state index contributed by atoms with van der Waals surface area (Å²) in [5, 5.41) is 7.93. The van der Waals surface area contributed by atoms with E-state index in [1.165, 1.54) is 35.2 Å². The number of esters is 1. The Bertz CT molecular complexity index is 1070. The molecule has 0 aliphatic carbocycles. The van der Waals surface area contributed by atoms with Crippen LogP contribution in [-0.2, 0) is 10.2 Å². The fourth-order valence-corrected chi connectivity index (χ4v) is 4.48. The maximum atomic E-state index is 12.2. The third-order valence-electron chi connectivity index (χ3n) is 4.46. The molecular formula is C23H24N2O3S2. The van der Waals surface area contributed by atoms with Gasteiger partial charge in [-0.15, -0.1) is 22.7 Å². The number of rotatable bonds is 5. The molecule has 0 aliphatic heterocycles. The molecule has 7 heteroatoms. The summed E-state index contributed by atoms with van der Waals surface area (Å²) in [6, 6.07) is 11.8. The van der Waals surface area contributed by atoms with Gasteiger partial charge in [0.15, 0.2) is 5.75 Å². The number of hydrogen-bond donors (Lipinski definition) is 1. The highest BCUT2D eigenvalue weighted by Crippen LogP contribution is 2.40. The molecule has 0 aliphatic rings. The molecule has 0 spiro atoms. The highest BCUT2D eigenvalue weighted by atomic mass is 32.1. The zero-order chi connectivity index (χ0) is 21.9. The van der Waals surface area contributed by atoms with Gasteiger partial charge in [0.2, 0.25) is 0 Å². The summed E-state index contributed by atoms with van der Waals surface area (Å²) in [5.41, 5.74) is 6.05. The van der Waals surface area contributed by atoms with Crippen LogP contribution in [0.3, 0.4) is 0 Å². The van der Waals surface area contributed by atoms with Gasteiger partial charge < -0.3 is 4.74 Å². The Labute approximate surface area is 184 Å². The lowest BCUT2D eigenvalue weighted by Crippen LogP contribution is -2.18. The van der Waals surface area contributed by atoms with Crippen molar-refractivity contribution in [3.05, 3.63) is 63.2 Å². The van der Waals surface area contributed by atoms with Crippen LogP contribution in [0.25, 0.3) is 10.4 Å². The van der Waals surface area contributed by atoms with Gasteiger partial charge in [0.05, 0.1) is 21.0 Å². The van der Waals surface area contributed by atoms with Crippen LogP contribution in [0.5, 0.6) is 5.75 Å². The largest absolute Gasteiger partial charge is 0.424 e. The molecule has 0 bridgehead atoms. The number of hydrazone groups is 1. The fourth-order valence-electron chi connectivity index (χ4n) is 2.82. The van der Waals surface area contributed by atoms with E-state index in [0.29, 0.717) is 21.9 Å². The second kappa shape index (κ2) is 8.93. The summed E-state index contributed by atoms with van der Waals surface area (Å²) in [7, 11) is 0. The molecule has 1 N–H and O–H groups in total. The minimum atomic E-state index is -0.405. The van der Waals surface area contributed by atoms with Crippen LogP contribution in [0, 0.1) is 0 Å². The molecule has 3 aromatic rings. The van der Waals surface area contributed by atoms with Crippen molar-refractivity contribution in [2.24, 2.45) is 5.10 Å². The number of amides is 1. The lowest BCUT2D eigenvalue weighted by atomic mass is 9.86. The molecule has 0 unspecified atom stereocenters. The van der Waals surface area contributed by atoms with E-state index in [2.05, 4.69) is 43.4 Å². The maximum Gasteiger partial charge on any atom is 0.308 e. The number of ether oxygens (including phenoxy) is 1. The van der Waals surface area contributed by atoms with Crippen molar-refractivity contribution in [1.82, 2.24) is 5.43 Å². The average molecular weight is 441 g/mol. The third kappa shape index (κ3) is 5.04. The molecule has 0 saturated heterocycles. The number of nitrogens with one attached hydrogen (secondary N) is 1. The first-order valence-electron chi connectivity index (χ1n) is 9.46. The monoisotopic (exact) mass is 440 g/mol. The lowest BCUT2D eigenvalue weighted by Gasteiger charge is -2.19. The third-order valence-corrected chi connectivity index (χ3v) is 6.34. The predicted octanol–water partition coefficient (Wildman–Crippen LogP) is 5.85. The van der Waals surface area contributed by atoms with Gasteiger partial charge in [-0.25, -0.2) is 5.43 Å². The lowest BCUT2D eigenvalue weighted by molar-refractivity contribution is -0.131. The van der Waals surface area contributed by atoms with Gasteiger partial charge in [-0.3, -0.25) is 9.59 Å². The standard InChI is InChI=1S/C23H24N2O3S2/c1-14(24-25-22(27)19-7-6-12-29-19)18-13-30-21(20(18)28-15(2)26)16-8-10-17(11-9-16)23(3,4)5/h6-13H,1-5H3,(H,25,27). The molecule has 3 rings (SSSR count). The van der Waals surface area contributed by atoms with E-state index in [0.717, 1.165) is 10.4 Å². The molecule has 0 fully saturated rings. The van der Waals surface area contributed by atoms with Gasteiger partial charge in [0, 0.05) is 12.3 Å². The van der Waals surface area contributed by atoms with Gasteiger partial charge in [0.25, 0.3) is 5.91 Å². The zero-order valence-corrected chi connectivity index (χ0v) is 19.2.